The summed E-state index contributed by atoms with van der Waals surface area (Å²) in [6.07, 6.45) is 0. The monoisotopic (exact) mass is 444 g/mol. The summed E-state index contributed by atoms with van der Waals surface area (Å²) in [5, 5.41) is 9.40. The van der Waals surface area contributed by atoms with E-state index in [2.05, 4.69) is 32.3 Å². The van der Waals surface area contributed by atoms with Crippen molar-refractivity contribution < 1.29 is 4.79 Å². The summed E-state index contributed by atoms with van der Waals surface area (Å²) in [6, 6.07) is 20.2. The minimum Gasteiger partial charge on any atom is -0.368 e. The summed E-state index contributed by atoms with van der Waals surface area (Å²) in [5.74, 6) is 0.0482. The number of aromatic nitrogens is 4. The summed E-state index contributed by atoms with van der Waals surface area (Å²) >= 11 is 1.40. The number of nitrogens with zero attached hydrogens (tertiary/aromatic N) is 6. The Bertz CT molecular complexity index is 1230. The van der Waals surface area contributed by atoms with Gasteiger partial charge in [0, 0.05) is 31.9 Å². The number of rotatable bonds is 4. The van der Waals surface area contributed by atoms with E-state index in [0.29, 0.717) is 18.0 Å². The molecule has 1 amide bonds. The van der Waals surface area contributed by atoms with Gasteiger partial charge in [-0.3, -0.25) is 4.79 Å². The van der Waals surface area contributed by atoms with Crippen LogP contribution in [0.5, 0.6) is 0 Å². The zero-order valence-corrected chi connectivity index (χ0v) is 18.9. The standard InChI is InChI=1S/C24H24N6OS/c1-17-22(24(31)29-15-13-28(14-16-29)19-9-5-3-6-10-19)32-23(25-17)21-18(2)30(27-26-21)20-11-7-4-8-12-20/h3-12H,13-16H2,1-2H3. The molecule has 0 unspecified atom stereocenters. The van der Waals surface area contributed by atoms with E-state index < -0.39 is 0 Å². The minimum absolute atomic E-state index is 0.0482. The van der Waals surface area contributed by atoms with Crippen molar-refractivity contribution >= 4 is 22.9 Å². The highest BCUT2D eigenvalue weighted by atomic mass is 32.1. The van der Waals surface area contributed by atoms with Crippen LogP contribution in [-0.2, 0) is 0 Å². The number of carbonyl (C=O) groups is 1. The molecule has 0 spiro atoms. The van der Waals surface area contributed by atoms with Crippen LogP contribution in [0.4, 0.5) is 5.69 Å². The number of thiazole rings is 1. The van der Waals surface area contributed by atoms with Gasteiger partial charge < -0.3 is 9.80 Å². The lowest BCUT2D eigenvalue weighted by molar-refractivity contribution is 0.0750. The summed E-state index contributed by atoms with van der Waals surface area (Å²) in [7, 11) is 0. The van der Waals surface area contributed by atoms with Gasteiger partial charge in [-0.05, 0) is 38.1 Å². The molecule has 0 bridgehead atoms. The molecule has 0 aliphatic carbocycles. The fraction of sp³-hybridized carbons (Fsp3) is 0.250. The molecule has 7 nitrogen and oxygen atoms in total. The van der Waals surface area contributed by atoms with Crippen molar-refractivity contribution in [3.8, 4) is 16.4 Å². The van der Waals surface area contributed by atoms with Crippen LogP contribution in [0, 0.1) is 13.8 Å². The fourth-order valence-corrected chi connectivity index (χ4v) is 5.06. The average Bonchev–Trinajstić information content (AvgIpc) is 3.42. The molecule has 3 heterocycles. The first kappa shape index (κ1) is 20.4. The van der Waals surface area contributed by atoms with Gasteiger partial charge in [-0.1, -0.05) is 41.6 Å². The predicted octanol–water partition coefficient (Wildman–Crippen LogP) is 3.97. The molecule has 2 aromatic heterocycles. The van der Waals surface area contributed by atoms with Crippen LogP contribution in [-0.4, -0.2) is 57.0 Å². The van der Waals surface area contributed by atoms with Crippen molar-refractivity contribution in [2.45, 2.75) is 13.8 Å². The third-order valence-electron chi connectivity index (χ3n) is 5.78. The third-order valence-corrected chi connectivity index (χ3v) is 6.93. The van der Waals surface area contributed by atoms with Crippen LogP contribution in [0.2, 0.25) is 0 Å². The summed E-state index contributed by atoms with van der Waals surface area (Å²) in [5.41, 5.74) is 4.52. The van der Waals surface area contributed by atoms with Crippen LogP contribution in [0.1, 0.15) is 21.1 Å². The summed E-state index contributed by atoms with van der Waals surface area (Å²) in [4.78, 5) is 22.9. The predicted molar refractivity (Wildman–Crippen MR) is 126 cm³/mol. The fourth-order valence-electron chi connectivity index (χ4n) is 3.99. The van der Waals surface area contributed by atoms with E-state index in [1.807, 2.05) is 67.3 Å². The van der Waals surface area contributed by atoms with Gasteiger partial charge in [-0.25, -0.2) is 9.67 Å². The van der Waals surface area contributed by atoms with Crippen molar-refractivity contribution in [1.82, 2.24) is 24.9 Å². The first-order chi connectivity index (χ1) is 15.6. The lowest BCUT2D eigenvalue weighted by Crippen LogP contribution is -2.48. The van der Waals surface area contributed by atoms with Gasteiger partial charge in [0.1, 0.15) is 15.6 Å². The third kappa shape index (κ3) is 3.78. The first-order valence-corrected chi connectivity index (χ1v) is 11.5. The lowest BCUT2D eigenvalue weighted by Gasteiger charge is -2.36. The molecule has 0 saturated carbocycles. The maximum atomic E-state index is 13.3. The van der Waals surface area contributed by atoms with Crippen molar-refractivity contribution in [3.63, 3.8) is 0 Å². The lowest BCUT2D eigenvalue weighted by atomic mass is 10.2. The van der Waals surface area contributed by atoms with Gasteiger partial charge in [0.15, 0.2) is 0 Å². The highest BCUT2D eigenvalue weighted by Gasteiger charge is 2.27. The normalized spacial score (nSPS) is 14.1. The molecular formula is C24H24N6OS. The quantitative estimate of drug-likeness (QED) is 0.477. The molecule has 162 valence electrons. The molecule has 0 atom stereocenters. The number of hydrogen-bond acceptors (Lipinski definition) is 6. The van der Waals surface area contributed by atoms with Gasteiger partial charge in [-0.2, -0.15) is 0 Å². The Morgan fingerprint density at radius 2 is 1.50 bits per heavy atom. The topological polar surface area (TPSA) is 67.2 Å². The maximum Gasteiger partial charge on any atom is 0.265 e. The molecule has 5 rings (SSSR count). The Labute approximate surface area is 190 Å². The number of para-hydroxylation sites is 2. The Kier molecular flexibility index (Phi) is 5.45. The van der Waals surface area contributed by atoms with Gasteiger partial charge in [-0.15, -0.1) is 16.4 Å². The number of anilines is 1. The van der Waals surface area contributed by atoms with E-state index in [-0.39, 0.29) is 5.91 Å². The largest absolute Gasteiger partial charge is 0.368 e. The number of hydrogen-bond donors (Lipinski definition) is 0. The number of amides is 1. The molecule has 8 heteroatoms. The molecule has 1 saturated heterocycles. The van der Waals surface area contributed by atoms with E-state index in [0.717, 1.165) is 40.9 Å². The molecule has 32 heavy (non-hydrogen) atoms. The molecule has 0 radical (unpaired) electrons. The van der Waals surface area contributed by atoms with Gasteiger partial charge >= 0.3 is 0 Å². The van der Waals surface area contributed by atoms with Gasteiger partial charge in [0.2, 0.25) is 0 Å². The van der Waals surface area contributed by atoms with Crippen LogP contribution in [0.25, 0.3) is 16.4 Å². The van der Waals surface area contributed by atoms with E-state index >= 15 is 0 Å². The SMILES string of the molecule is Cc1nc(-c2nnn(-c3ccccc3)c2C)sc1C(=O)N1CCN(c2ccccc2)CC1. The van der Waals surface area contributed by atoms with Crippen molar-refractivity contribution in [1.29, 1.82) is 0 Å². The van der Waals surface area contributed by atoms with E-state index in [4.69, 9.17) is 0 Å². The van der Waals surface area contributed by atoms with Crippen LogP contribution in [0.15, 0.2) is 60.7 Å². The molecule has 4 aromatic rings. The number of aryl methyl sites for hydroxylation is 1. The van der Waals surface area contributed by atoms with E-state index in [1.54, 1.807) is 4.68 Å². The smallest absolute Gasteiger partial charge is 0.265 e. The van der Waals surface area contributed by atoms with E-state index in [9.17, 15) is 4.79 Å². The molecule has 1 aliphatic rings. The number of benzene rings is 2. The summed E-state index contributed by atoms with van der Waals surface area (Å²) < 4.78 is 1.80. The van der Waals surface area contributed by atoms with Crippen molar-refractivity contribution in [2.75, 3.05) is 31.1 Å². The van der Waals surface area contributed by atoms with E-state index in [1.165, 1.54) is 17.0 Å². The number of carbonyl (C=O) groups excluding carboxylic acids is 1. The van der Waals surface area contributed by atoms with Crippen LogP contribution in [0.3, 0.4) is 0 Å². The molecule has 1 aliphatic heterocycles. The summed E-state index contributed by atoms with van der Waals surface area (Å²) in [6.45, 7) is 6.91. The highest BCUT2D eigenvalue weighted by Crippen LogP contribution is 2.30. The van der Waals surface area contributed by atoms with Crippen molar-refractivity contribution in [2.24, 2.45) is 0 Å². The van der Waals surface area contributed by atoms with Gasteiger partial charge in [0.25, 0.3) is 5.91 Å². The second-order valence-electron chi connectivity index (χ2n) is 7.82. The Morgan fingerprint density at radius 1 is 0.875 bits per heavy atom. The molecule has 0 N–H and O–H groups in total. The van der Waals surface area contributed by atoms with Crippen molar-refractivity contribution in [3.05, 3.63) is 76.9 Å². The highest BCUT2D eigenvalue weighted by molar-refractivity contribution is 7.17. The van der Waals surface area contributed by atoms with Crippen LogP contribution < -0.4 is 4.90 Å². The second kappa shape index (κ2) is 8.55. The Morgan fingerprint density at radius 3 is 2.16 bits per heavy atom. The molecular weight excluding hydrogens is 420 g/mol. The van der Waals surface area contributed by atoms with Gasteiger partial charge in [0.05, 0.1) is 17.1 Å². The second-order valence-corrected chi connectivity index (χ2v) is 8.82. The Balaban J connectivity index is 1.33. The average molecular weight is 445 g/mol. The molecule has 2 aromatic carbocycles. The first-order valence-electron chi connectivity index (χ1n) is 10.7. The maximum absolute atomic E-state index is 13.3. The number of piperazine rings is 1. The zero-order chi connectivity index (χ0) is 22.1. The molecule has 1 fully saturated rings. The van der Waals surface area contributed by atoms with Crippen LogP contribution >= 0.6 is 11.3 Å². The Hall–Kier alpha value is -3.52. The zero-order valence-electron chi connectivity index (χ0n) is 18.1. The minimum atomic E-state index is 0.0482.